The minimum Gasteiger partial charge on any atom is -0.351 e. The Kier molecular flexibility index (Phi) is 5.73. The Balaban J connectivity index is 2.37. The summed E-state index contributed by atoms with van der Waals surface area (Å²) in [5, 5.41) is 3.49. The molecule has 0 aliphatic heterocycles. The van der Waals surface area contributed by atoms with E-state index in [9.17, 15) is 4.79 Å². The van der Waals surface area contributed by atoms with Crippen LogP contribution in [0.1, 0.15) is 5.56 Å². The van der Waals surface area contributed by atoms with E-state index >= 15 is 0 Å². The van der Waals surface area contributed by atoms with Crippen molar-refractivity contribution in [3.63, 3.8) is 0 Å². The molecule has 3 nitrogen and oxygen atoms in total. The monoisotopic (exact) mass is 252 g/mol. The fourth-order valence-electron chi connectivity index (χ4n) is 1.21. The number of nitrogens with zero attached hydrogens (tertiary/aromatic N) is 1. The molecule has 0 heterocycles. The second-order valence-electron chi connectivity index (χ2n) is 3.98. The van der Waals surface area contributed by atoms with Crippen molar-refractivity contribution < 1.29 is 4.79 Å². The lowest BCUT2D eigenvalue weighted by atomic mass is 10.2. The normalized spacial score (nSPS) is 11.1. The largest absolute Gasteiger partial charge is 0.351 e. The first-order valence-corrected chi connectivity index (χ1v) is 5.82. The van der Waals surface area contributed by atoms with Gasteiger partial charge in [-0.05, 0) is 37.9 Å². The van der Waals surface area contributed by atoms with Crippen molar-refractivity contribution in [2.24, 2.45) is 0 Å². The predicted octanol–water partition coefficient (Wildman–Crippen LogP) is 2.03. The highest BCUT2D eigenvalue weighted by Crippen LogP contribution is 2.10. The maximum Gasteiger partial charge on any atom is 0.244 e. The summed E-state index contributed by atoms with van der Waals surface area (Å²) in [6.07, 6.45) is 3.29. The molecule has 1 amide bonds. The van der Waals surface area contributed by atoms with Gasteiger partial charge in [0.15, 0.2) is 0 Å². The molecule has 1 N–H and O–H groups in total. The summed E-state index contributed by atoms with van der Waals surface area (Å²) in [6.45, 7) is 1.48. The zero-order valence-electron chi connectivity index (χ0n) is 10.1. The molecule has 92 valence electrons. The van der Waals surface area contributed by atoms with Gasteiger partial charge in [0.25, 0.3) is 0 Å². The van der Waals surface area contributed by atoms with E-state index in [-0.39, 0.29) is 5.91 Å². The molecule has 0 aliphatic carbocycles. The molecule has 0 aliphatic rings. The van der Waals surface area contributed by atoms with Crippen LogP contribution < -0.4 is 5.32 Å². The molecule has 0 saturated carbocycles. The summed E-state index contributed by atoms with van der Waals surface area (Å²) in [7, 11) is 3.94. The number of halogens is 1. The van der Waals surface area contributed by atoms with Crippen LogP contribution in [0.4, 0.5) is 0 Å². The van der Waals surface area contributed by atoms with Gasteiger partial charge in [-0.3, -0.25) is 4.79 Å². The molecular formula is C13H17ClN2O. The topological polar surface area (TPSA) is 32.3 Å². The van der Waals surface area contributed by atoms with Crippen LogP contribution in [0.3, 0.4) is 0 Å². The minimum atomic E-state index is -0.0817. The fraction of sp³-hybridized carbons (Fsp3) is 0.308. The van der Waals surface area contributed by atoms with Gasteiger partial charge in [0.05, 0.1) is 0 Å². The van der Waals surface area contributed by atoms with Crippen molar-refractivity contribution >= 4 is 23.6 Å². The van der Waals surface area contributed by atoms with E-state index in [1.807, 2.05) is 31.1 Å². The molecule has 0 atom stereocenters. The molecule has 1 aromatic rings. The minimum absolute atomic E-state index is 0.0817. The Hall–Kier alpha value is -1.32. The third-order valence-electron chi connectivity index (χ3n) is 2.16. The van der Waals surface area contributed by atoms with Crippen molar-refractivity contribution in [1.82, 2.24) is 10.2 Å². The Bertz CT molecular complexity index is 385. The summed E-state index contributed by atoms with van der Waals surface area (Å²) in [5.74, 6) is -0.0817. The highest BCUT2D eigenvalue weighted by Gasteiger charge is 1.95. The highest BCUT2D eigenvalue weighted by molar-refractivity contribution is 6.30. The van der Waals surface area contributed by atoms with Gasteiger partial charge in [-0.15, -0.1) is 0 Å². The lowest BCUT2D eigenvalue weighted by Gasteiger charge is -2.08. The molecule has 1 aromatic carbocycles. The fourth-order valence-corrected chi connectivity index (χ4v) is 1.33. The standard InChI is InChI=1S/C13H17ClN2O/c1-16(2)10-9-15-13(17)8-5-11-3-6-12(14)7-4-11/h3-8H,9-10H2,1-2H3,(H,15,17)/b8-5+. The number of carbonyl (C=O) groups is 1. The number of nitrogens with one attached hydrogen (secondary N) is 1. The number of amides is 1. The molecular weight excluding hydrogens is 236 g/mol. The summed E-state index contributed by atoms with van der Waals surface area (Å²) >= 11 is 5.76. The Labute approximate surface area is 107 Å². The van der Waals surface area contributed by atoms with Crippen LogP contribution in [0.15, 0.2) is 30.3 Å². The molecule has 17 heavy (non-hydrogen) atoms. The van der Waals surface area contributed by atoms with Crippen molar-refractivity contribution in [3.8, 4) is 0 Å². The van der Waals surface area contributed by atoms with E-state index in [4.69, 9.17) is 11.6 Å². The first kappa shape index (κ1) is 13.7. The SMILES string of the molecule is CN(C)CCNC(=O)/C=C/c1ccc(Cl)cc1. The first-order chi connectivity index (χ1) is 8.08. The van der Waals surface area contributed by atoms with Gasteiger partial charge in [0.1, 0.15) is 0 Å². The number of carbonyl (C=O) groups excluding carboxylic acids is 1. The van der Waals surface area contributed by atoms with Crippen LogP contribution in [-0.2, 0) is 4.79 Å². The Morgan fingerprint density at radius 1 is 1.35 bits per heavy atom. The van der Waals surface area contributed by atoms with Gasteiger partial charge in [-0.25, -0.2) is 0 Å². The second-order valence-corrected chi connectivity index (χ2v) is 4.42. The first-order valence-electron chi connectivity index (χ1n) is 5.44. The molecule has 0 fully saturated rings. The predicted molar refractivity (Wildman–Crippen MR) is 72.0 cm³/mol. The molecule has 0 radical (unpaired) electrons. The molecule has 0 unspecified atom stereocenters. The van der Waals surface area contributed by atoms with E-state index in [1.165, 1.54) is 6.08 Å². The average Bonchev–Trinajstić information content (AvgIpc) is 2.28. The van der Waals surface area contributed by atoms with Gasteiger partial charge in [0, 0.05) is 24.2 Å². The van der Waals surface area contributed by atoms with E-state index in [1.54, 1.807) is 18.2 Å². The van der Waals surface area contributed by atoms with Crippen LogP contribution in [0.2, 0.25) is 5.02 Å². The molecule has 0 spiro atoms. The summed E-state index contributed by atoms with van der Waals surface area (Å²) in [6, 6.07) is 7.33. The van der Waals surface area contributed by atoms with Crippen molar-refractivity contribution in [1.29, 1.82) is 0 Å². The number of hydrogen-bond donors (Lipinski definition) is 1. The van der Waals surface area contributed by atoms with Gasteiger partial charge in [-0.1, -0.05) is 23.7 Å². The highest BCUT2D eigenvalue weighted by atomic mass is 35.5. The Morgan fingerprint density at radius 2 is 2.00 bits per heavy atom. The van der Waals surface area contributed by atoms with Crippen LogP contribution in [-0.4, -0.2) is 38.0 Å². The van der Waals surface area contributed by atoms with E-state index in [0.29, 0.717) is 11.6 Å². The molecule has 0 bridgehead atoms. The smallest absolute Gasteiger partial charge is 0.244 e. The van der Waals surface area contributed by atoms with Crippen molar-refractivity contribution in [2.75, 3.05) is 27.2 Å². The molecule has 4 heteroatoms. The van der Waals surface area contributed by atoms with Gasteiger partial charge < -0.3 is 10.2 Å². The molecule has 1 rings (SSSR count). The van der Waals surface area contributed by atoms with E-state index in [0.717, 1.165) is 12.1 Å². The maximum absolute atomic E-state index is 11.4. The molecule has 0 saturated heterocycles. The molecule has 0 aromatic heterocycles. The number of benzene rings is 1. The number of rotatable bonds is 5. The quantitative estimate of drug-likeness (QED) is 0.814. The van der Waals surface area contributed by atoms with Crippen molar-refractivity contribution in [2.45, 2.75) is 0 Å². The zero-order chi connectivity index (χ0) is 12.7. The van der Waals surface area contributed by atoms with E-state index in [2.05, 4.69) is 5.32 Å². The van der Waals surface area contributed by atoms with Gasteiger partial charge >= 0.3 is 0 Å². The van der Waals surface area contributed by atoms with Crippen LogP contribution >= 0.6 is 11.6 Å². The Morgan fingerprint density at radius 3 is 2.59 bits per heavy atom. The summed E-state index contributed by atoms with van der Waals surface area (Å²) in [4.78, 5) is 13.4. The average molecular weight is 253 g/mol. The van der Waals surface area contributed by atoms with Gasteiger partial charge in [-0.2, -0.15) is 0 Å². The summed E-state index contributed by atoms with van der Waals surface area (Å²) < 4.78 is 0. The third-order valence-corrected chi connectivity index (χ3v) is 2.41. The van der Waals surface area contributed by atoms with Crippen molar-refractivity contribution in [3.05, 3.63) is 40.9 Å². The van der Waals surface area contributed by atoms with E-state index < -0.39 is 0 Å². The zero-order valence-corrected chi connectivity index (χ0v) is 10.9. The maximum atomic E-state index is 11.4. The van der Waals surface area contributed by atoms with Crippen LogP contribution in [0.5, 0.6) is 0 Å². The second kappa shape index (κ2) is 7.09. The third kappa shape index (κ3) is 6.09. The van der Waals surface area contributed by atoms with Gasteiger partial charge in [0.2, 0.25) is 5.91 Å². The lowest BCUT2D eigenvalue weighted by molar-refractivity contribution is -0.116. The number of likely N-dealkylation sites (N-methyl/N-ethyl adjacent to an activating group) is 1. The summed E-state index contributed by atoms with van der Waals surface area (Å²) in [5.41, 5.74) is 0.956. The van der Waals surface area contributed by atoms with Crippen LogP contribution in [0.25, 0.3) is 6.08 Å². The lowest BCUT2D eigenvalue weighted by Crippen LogP contribution is -2.30. The number of hydrogen-bond acceptors (Lipinski definition) is 2. The van der Waals surface area contributed by atoms with Crippen LogP contribution in [0, 0.1) is 0 Å².